The minimum absolute atomic E-state index is 0.123. The van der Waals surface area contributed by atoms with E-state index >= 15 is 0 Å². The number of para-hydroxylation sites is 1. The van der Waals surface area contributed by atoms with E-state index in [1.54, 1.807) is 0 Å². The molecule has 0 saturated heterocycles. The van der Waals surface area contributed by atoms with E-state index in [1.807, 2.05) is 65.7 Å². The molecule has 2 aliphatic rings. The molecule has 0 saturated carbocycles. The maximum absolute atomic E-state index is 13.7. The largest absolute Gasteiger partial charge is 0.291 e. The number of hydrazone groups is 1. The van der Waals surface area contributed by atoms with Crippen LogP contribution in [0.15, 0.2) is 102 Å². The van der Waals surface area contributed by atoms with Gasteiger partial charge in [-0.15, -0.1) is 0 Å². The predicted octanol–water partition coefficient (Wildman–Crippen LogP) is 5.55. The van der Waals surface area contributed by atoms with Gasteiger partial charge in [-0.25, -0.2) is 5.01 Å². The lowest BCUT2D eigenvalue weighted by molar-refractivity contribution is 0.0908. The van der Waals surface area contributed by atoms with E-state index in [4.69, 9.17) is 5.10 Å². The van der Waals surface area contributed by atoms with Crippen molar-refractivity contribution in [3.63, 3.8) is 0 Å². The first-order chi connectivity index (χ1) is 14.3. The van der Waals surface area contributed by atoms with Gasteiger partial charge >= 0.3 is 0 Å². The van der Waals surface area contributed by atoms with Gasteiger partial charge in [0.25, 0.3) is 0 Å². The zero-order valence-corrected chi connectivity index (χ0v) is 15.7. The van der Waals surface area contributed by atoms with Crippen LogP contribution in [0, 0.1) is 0 Å². The van der Waals surface area contributed by atoms with E-state index in [9.17, 15) is 4.79 Å². The SMILES string of the molecule is O=C1c2ccccc2N2N=C(c3cccc4ccccc34)CC12c1ccccc1. The molecule has 0 fully saturated rings. The number of hydrogen-bond donors (Lipinski definition) is 0. The summed E-state index contributed by atoms with van der Waals surface area (Å²) in [7, 11) is 0. The Hall–Kier alpha value is -3.72. The smallest absolute Gasteiger partial charge is 0.197 e. The Bertz CT molecular complexity index is 1300. The van der Waals surface area contributed by atoms with Gasteiger partial charge in [-0.1, -0.05) is 84.9 Å². The van der Waals surface area contributed by atoms with Gasteiger partial charge in [0.05, 0.1) is 11.4 Å². The molecule has 4 aromatic carbocycles. The van der Waals surface area contributed by atoms with Gasteiger partial charge in [-0.3, -0.25) is 4.79 Å². The van der Waals surface area contributed by atoms with Gasteiger partial charge in [-0.05, 0) is 28.5 Å². The molecule has 0 amide bonds. The number of ketones is 1. The van der Waals surface area contributed by atoms with Gasteiger partial charge in [0.1, 0.15) is 0 Å². The molecular weight excluding hydrogens is 356 g/mol. The molecule has 138 valence electrons. The minimum atomic E-state index is -0.808. The minimum Gasteiger partial charge on any atom is -0.291 e. The van der Waals surface area contributed by atoms with Crippen molar-refractivity contribution >= 4 is 28.0 Å². The fourth-order valence-corrected chi connectivity index (χ4v) is 4.76. The van der Waals surface area contributed by atoms with Crippen LogP contribution in [0.25, 0.3) is 10.8 Å². The molecule has 6 rings (SSSR count). The van der Waals surface area contributed by atoms with Crippen LogP contribution < -0.4 is 5.01 Å². The first-order valence-electron chi connectivity index (χ1n) is 9.84. The topological polar surface area (TPSA) is 32.7 Å². The first kappa shape index (κ1) is 16.3. The number of carbonyl (C=O) groups is 1. The van der Waals surface area contributed by atoms with Crippen molar-refractivity contribution in [1.29, 1.82) is 0 Å². The van der Waals surface area contributed by atoms with Crippen LogP contribution in [-0.2, 0) is 5.54 Å². The van der Waals surface area contributed by atoms with Crippen LogP contribution in [0.4, 0.5) is 5.69 Å². The summed E-state index contributed by atoms with van der Waals surface area (Å²) in [6.07, 6.45) is 0.554. The van der Waals surface area contributed by atoms with E-state index in [1.165, 1.54) is 10.8 Å². The second-order valence-corrected chi connectivity index (χ2v) is 7.63. The molecule has 0 spiro atoms. The van der Waals surface area contributed by atoms with Crippen LogP contribution >= 0.6 is 0 Å². The fourth-order valence-electron chi connectivity index (χ4n) is 4.76. The zero-order valence-electron chi connectivity index (χ0n) is 15.7. The summed E-state index contributed by atoms with van der Waals surface area (Å²) in [6.45, 7) is 0. The first-order valence-corrected chi connectivity index (χ1v) is 9.84. The molecule has 1 atom stereocenters. The summed E-state index contributed by atoms with van der Waals surface area (Å²) < 4.78 is 0. The van der Waals surface area contributed by atoms with Crippen LogP contribution in [0.5, 0.6) is 0 Å². The lowest BCUT2D eigenvalue weighted by Gasteiger charge is -2.30. The van der Waals surface area contributed by atoms with Crippen LogP contribution in [0.2, 0.25) is 0 Å². The molecule has 29 heavy (non-hydrogen) atoms. The summed E-state index contributed by atoms with van der Waals surface area (Å²) in [4.78, 5) is 13.7. The second-order valence-electron chi connectivity index (χ2n) is 7.63. The number of hydrogen-bond acceptors (Lipinski definition) is 3. The van der Waals surface area contributed by atoms with E-state index in [0.29, 0.717) is 6.42 Å². The standard InChI is InChI=1S/C26H18N2O/c29-25-22-14-6-7-16-24(22)28-26(25,19-11-2-1-3-12-19)17-23(27-28)21-15-8-10-18-9-4-5-13-20(18)21/h1-16H,17H2. The van der Waals surface area contributed by atoms with Gasteiger partial charge < -0.3 is 0 Å². The molecule has 0 radical (unpaired) electrons. The summed E-state index contributed by atoms with van der Waals surface area (Å²) in [5.74, 6) is 0.123. The third kappa shape index (κ3) is 2.13. The molecule has 4 aromatic rings. The number of carbonyl (C=O) groups excluding carboxylic acids is 1. The van der Waals surface area contributed by atoms with Crippen molar-refractivity contribution in [3.8, 4) is 0 Å². The number of benzene rings is 4. The van der Waals surface area contributed by atoms with Crippen molar-refractivity contribution in [3.05, 3.63) is 114 Å². The van der Waals surface area contributed by atoms with Crippen molar-refractivity contribution in [2.24, 2.45) is 5.10 Å². The van der Waals surface area contributed by atoms with Crippen LogP contribution in [0.3, 0.4) is 0 Å². The van der Waals surface area contributed by atoms with E-state index < -0.39 is 5.54 Å². The molecule has 2 aliphatic heterocycles. The molecule has 0 bridgehead atoms. The third-order valence-corrected chi connectivity index (χ3v) is 6.11. The summed E-state index contributed by atoms with van der Waals surface area (Å²) in [5.41, 5.74) is 3.86. The maximum atomic E-state index is 13.7. The molecule has 0 N–H and O–H groups in total. The lowest BCUT2D eigenvalue weighted by Crippen LogP contribution is -2.42. The van der Waals surface area contributed by atoms with Crippen molar-refractivity contribution in [2.45, 2.75) is 12.0 Å². The van der Waals surface area contributed by atoms with E-state index in [0.717, 1.165) is 28.1 Å². The number of rotatable bonds is 2. The molecule has 3 heteroatoms. The Morgan fingerprint density at radius 1 is 0.724 bits per heavy atom. The van der Waals surface area contributed by atoms with Gasteiger partial charge in [0.15, 0.2) is 11.3 Å². The van der Waals surface area contributed by atoms with Crippen LogP contribution in [-0.4, -0.2) is 11.5 Å². The number of nitrogens with zero attached hydrogens (tertiary/aromatic N) is 2. The molecule has 0 aliphatic carbocycles. The summed E-state index contributed by atoms with van der Waals surface area (Å²) >= 11 is 0. The highest BCUT2D eigenvalue weighted by Crippen LogP contribution is 2.51. The highest BCUT2D eigenvalue weighted by atomic mass is 16.1. The van der Waals surface area contributed by atoms with Crippen molar-refractivity contribution in [1.82, 2.24) is 0 Å². The highest BCUT2D eigenvalue weighted by molar-refractivity contribution is 6.22. The monoisotopic (exact) mass is 374 g/mol. The molecule has 0 aromatic heterocycles. The second kappa shape index (κ2) is 5.89. The highest BCUT2D eigenvalue weighted by Gasteiger charge is 2.56. The van der Waals surface area contributed by atoms with Gasteiger partial charge in [-0.2, -0.15) is 5.10 Å². The Morgan fingerprint density at radius 3 is 2.31 bits per heavy atom. The Balaban J connectivity index is 1.60. The zero-order chi connectivity index (χ0) is 19.4. The Kier molecular flexibility index (Phi) is 3.30. The molecule has 3 nitrogen and oxygen atoms in total. The molecular formula is C26H18N2O. The predicted molar refractivity (Wildman–Crippen MR) is 116 cm³/mol. The lowest BCUT2D eigenvalue weighted by atomic mass is 9.80. The van der Waals surface area contributed by atoms with Crippen molar-refractivity contribution < 1.29 is 4.79 Å². The Morgan fingerprint density at radius 2 is 1.41 bits per heavy atom. The number of anilines is 1. The average molecular weight is 374 g/mol. The molecule has 1 unspecified atom stereocenters. The van der Waals surface area contributed by atoms with Crippen molar-refractivity contribution in [2.75, 3.05) is 5.01 Å². The van der Waals surface area contributed by atoms with E-state index in [-0.39, 0.29) is 5.78 Å². The maximum Gasteiger partial charge on any atom is 0.197 e. The summed E-state index contributed by atoms with van der Waals surface area (Å²) in [5, 5.41) is 9.34. The number of Topliss-reactive ketones (excluding diaryl/α,β-unsaturated/α-hetero) is 1. The Labute approximate surface area is 168 Å². The third-order valence-electron chi connectivity index (χ3n) is 6.11. The quantitative estimate of drug-likeness (QED) is 0.461. The van der Waals surface area contributed by atoms with E-state index in [2.05, 4.69) is 36.4 Å². The molecule has 2 heterocycles. The van der Waals surface area contributed by atoms with Gasteiger partial charge in [0.2, 0.25) is 0 Å². The van der Waals surface area contributed by atoms with Gasteiger partial charge in [0, 0.05) is 17.5 Å². The summed E-state index contributed by atoms with van der Waals surface area (Å²) in [6, 6.07) is 32.5. The normalized spacial score (nSPS) is 19.9. The average Bonchev–Trinajstić information content (AvgIpc) is 3.29. The van der Waals surface area contributed by atoms with Crippen LogP contribution in [0.1, 0.15) is 27.9 Å². The number of fused-ring (bicyclic) bond motifs is 4. The fraction of sp³-hybridized carbons (Fsp3) is 0.0769.